The van der Waals surface area contributed by atoms with Gasteiger partial charge in [-0.3, -0.25) is 4.79 Å². The van der Waals surface area contributed by atoms with E-state index in [1.165, 1.54) is 19.2 Å². The molecule has 2 rings (SSSR count). The molecule has 0 saturated carbocycles. The zero-order valence-electron chi connectivity index (χ0n) is 16.6. The highest BCUT2D eigenvalue weighted by molar-refractivity contribution is 5.92. The molecule has 162 valence electrons. The van der Waals surface area contributed by atoms with Gasteiger partial charge in [0.2, 0.25) is 5.91 Å². The minimum absolute atomic E-state index is 0.00937. The Kier molecular flexibility index (Phi) is 8.86. The standard InChI is InChI=1S/C21H25F2N3O4/c1-29-16-9-6-14(7-10-16)17-13-15(8-11-18(17)30-20(22)23)26-19(27)5-3-2-4-12-25-21(24)28/h6-11,13,20H,2-5,12H2,1H3,(H,26,27)(H3,24,25,28). The molecule has 3 amide bonds. The second kappa shape index (κ2) is 11.6. The van der Waals surface area contributed by atoms with E-state index in [2.05, 4.69) is 15.4 Å². The predicted octanol–water partition coefficient (Wildman–Crippen LogP) is 4.13. The number of carbonyl (C=O) groups is 2. The number of nitrogens with two attached hydrogens (primary N) is 1. The average molecular weight is 421 g/mol. The summed E-state index contributed by atoms with van der Waals surface area (Å²) in [4.78, 5) is 22.8. The lowest BCUT2D eigenvalue weighted by atomic mass is 10.0. The van der Waals surface area contributed by atoms with E-state index in [1.807, 2.05) is 0 Å². The highest BCUT2D eigenvalue weighted by atomic mass is 19.3. The van der Waals surface area contributed by atoms with Crippen LogP contribution in [0.2, 0.25) is 0 Å². The first kappa shape index (κ1) is 22.9. The molecule has 0 fully saturated rings. The van der Waals surface area contributed by atoms with Gasteiger partial charge in [-0.2, -0.15) is 8.78 Å². The highest BCUT2D eigenvalue weighted by Gasteiger charge is 2.13. The molecule has 2 aromatic rings. The van der Waals surface area contributed by atoms with Gasteiger partial charge in [0.1, 0.15) is 11.5 Å². The maximum Gasteiger partial charge on any atom is 0.387 e. The number of nitrogens with one attached hydrogen (secondary N) is 2. The second-order valence-electron chi connectivity index (χ2n) is 6.47. The van der Waals surface area contributed by atoms with E-state index in [9.17, 15) is 18.4 Å². The molecule has 2 aromatic carbocycles. The molecule has 0 atom stereocenters. The molecule has 0 unspecified atom stereocenters. The molecule has 0 aliphatic heterocycles. The number of rotatable bonds is 11. The summed E-state index contributed by atoms with van der Waals surface area (Å²) in [6, 6.07) is 10.8. The first-order valence-corrected chi connectivity index (χ1v) is 9.45. The van der Waals surface area contributed by atoms with Gasteiger partial charge in [0.15, 0.2) is 0 Å². The van der Waals surface area contributed by atoms with Crippen LogP contribution in [0.4, 0.5) is 19.3 Å². The zero-order valence-corrected chi connectivity index (χ0v) is 16.6. The van der Waals surface area contributed by atoms with Crippen molar-refractivity contribution in [1.29, 1.82) is 0 Å². The minimum Gasteiger partial charge on any atom is -0.497 e. The topological polar surface area (TPSA) is 103 Å². The van der Waals surface area contributed by atoms with Gasteiger partial charge < -0.3 is 25.8 Å². The Balaban J connectivity index is 2.02. The van der Waals surface area contributed by atoms with Crippen LogP contribution in [-0.2, 0) is 4.79 Å². The summed E-state index contributed by atoms with van der Waals surface area (Å²) in [5.74, 6) is 0.446. The number of amides is 3. The Morgan fingerprint density at radius 1 is 1.07 bits per heavy atom. The lowest BCUT2D eigenvalue weighted by Gasteiger charge is -2.14. The van der Waals surface area contributed by atoms with Gasteiger partial charge in [0, 0.05) is 24.2 Å². The Morgan fingerprint density at radius 2 is 1.80 bits per heavy atom. The van der Waals surface area contributed by atoms with Gasteiger partial charge in [0.05, 0.1) is 7.11 Å². The maximum atomic E-state index is 12.8. The van der Waals surface area contributed by atoms with Gasteiger partial charge in [-0.05, 0) is 48.7 Å². The second-order valence-corrected chi connectivity index (χ2v) is 6.47. The van der Waals surface area contributed by atoms with E-state index >= 15 is 0 Å². The van der Waals surface area contributed by atoms with E-state index in [1.54, 1.807) is 30.3 Å². The van der Waals surface area contributed by atoms with Crippen molar-refractivity contribution in [3.05, 3.63) is 42.5 Å². The molecule has 0 bridgehead atoms. The van der Waals surface area contributed by atoms with E-state index in [0.717, 1.165) is 12.8 Å². The van der Waals surface area contributed by atoms with Crippen LogP contribution in [-0.4, -0.2) is 32.2 Å². The van der Waals surface area contributed by atoms with Crippen molar-refractivity contribution in [3.8, 4) is 22.6 Å². The summed E-state index contributed by atoms with van der Waals surface area (Å²) in [7, 11) is 1.53. The zero-order chi connectivity index (χ0) is 21.9. The van der Waals surface area contributed by atoms with Crippen molar-refractivity contribution >= 4 is 17.6 Å². The van der Waals surface area contributed by atoms with Crippen LogP contribution in [0.25, 0.3) is 11.1 Å². The summed E-state index contributed by atoms with van der Waals surface area (Å²) in [6.45, 7) is -2.50. The Bertz CT molecular complexity index is 845. The summed E-state index contributed by atoms with van der Waals surface area (Å²) >= 11 is 0. The molecule has 9 heteroatoms. The van der Waals surface area contributed by atoms with Crippen LogP contribution in [0.5, 0.6) is 11.5 Å². The van der Waals surface area contributed by atoms with Crippen LogP contribution >= 0.6 is 0 Å². The smallest absolute Gasteiger partial charge is 0.387 e. The van der Waals surface area contributed by atoms with Gasteiger partial charge in [-0.15, -0.1) is 0 Å². The Hall–Kier alpha value is -3.36. The molecular weight excluding hydrogens is 396 g/mol. The number of halogens is 2. The Labute approximate surface area is 173 Å². The number of primary amides is 1. The third-order valence-electron chi connectivity index (χ3n) is 4.26. The summed E-state index contributed by atoms with van der Waals surface area (Å²) in [5.41, 5.74) is 6.52. The number of alkyl halides is 2. The molecule has 0 aromatic heterocycles. The van der Waals surface area contributed by atoms with Crippen LogP contribution in [0.1, 0.15) is 25.7 Å². The number of methoxy groups -OCH3 is 1. The predicted molar refractivity (Wildman–Crippen MR) is 110 cm³/mol. The molecule has 0 saturated heterocycles. The number of unbranched alkanes of at least 4 members (excludes halogenated alkanes) is 2. The average Bonchev–Trinajstić information content (AvgIpc) is 2.71. The monoisotopic (exact) mass is 421 g/mol. The molecular formula is C21H25F2N3O4. The fraction of sp³-hybridized carbons (Fsp3) is 0.333. The first-order chi connectivity index (χ1) is 14.4. The summed E-state index contributed by atoms with van der Waals surface area (Å²) in [5, 5.41) is 5.25. The molecule has 0 radical (unpaired) electrons. The fourth-order valence-electron chi connectivity index (χ4n) is 2.83. The molecule has 0 aliphatic carbocycles. The van der Waals surface area contributed by atoms with Crippen LogP contribution in [0.15, 0.2) is 42.5 Å². The van der Waals surface area contributed by atoms with E-state index < -0.39 is 12.6 Å². The third-order valence-corrected chi connectivity index (χ3v) is 4.26. The van der Waals surface area contributed by atoms with Gasteiger partial charge in [-0.25, -0.2) is 4.79 Å². The molecule has 7 nitrogen and oxygen atoms in total. The van der Waals surface area contributed by atoms with Crippen LogP contribution < -0.4 is 25.8 Å². The van der Waals surface area contributed by atoms with Crippen molar-refractivity contribution in [1.82, 2.24) is 5.32 Å². The first-order valence-electron chi connectivity index (χ1n) is 9.45. The maximum absolute atomic E-state index is 12.8. The van der Waals surface area contributed by atoms with E-state index in [-0.39, 0.29) is 11.7 Å². The number of anilines is 1. The number of ether oxygens (including phenoxy) is 2. The van der Waals surface area contributed by atoms with Gasteiger partial charge in [-0.1, -0.05) is 18.6 Å². The Morgan fingerprint density at radius 3 is 2.43 bits per heavy atom. The number of benzene rings is 2. The normalized spacial score (nSPS) is 10.5. The lowest BCUT2D eigenvalue weighted by molar-refractivity contribution is -0.116. The molecule has 0 aliphatic rings. The summed E-state index contributed by atoms with van der Waals surface area (Å²) in [6.07, 6.45) is 2.41. The molecule has 30 heavy (non-hydrogen) atoms. The van der Waals surface area contributed by atoms with Crippen molar-refractivity contribution in [3.63, 3.8) is 0 Å². The number of urea groups is 1. The van der Waals surface area contributed by atoms with Crippen LogP contribution in [0, 0.1) is 0 Å². The third kappa shape index (κ3) is 7.57. The van der Waals surface area contributed by atoms with E-state index in [0.29, 0.717) is 42.0 Å². The van der Waals surface area contributed by atoms with Crippen molar-refractivity contribution in [2.75, 3.05) is 19.0 Å². The highest BCUT2D eigenvalue weighted by Crippen LogP contribution is 2.34. The SMILES string of the molecule is COc1ccc(-c2cc(NC(=O)CCCCCNC(N)=O)ccc2OC(F)F)cc1. The fourth-order valence-corrected chi connectivity index (χ4v) is 2.83. The van der Waals surface area contributed by atoms with Crippen molar-refractivity contribution in [2.24, 2.45) is 5.73 Å². The number of hydrogen-bond donors (Lipinski definition) is 3. The number of hydrogen-bond acceptors (Lipinski definition) is 4. The van der Waals surface area contributed by atoms with Gasteiger partial charge in [0.25, 0.3) is 0 Å². The van der Waals surface area contributed by atoms with E-state index in [4.69, 9.17) is 10.5 Å². The number of carbonyl (C=O) groups excluding carboxylic acids is 2. The minimum atomic E-state index is -2.97. The molecule has 4 N–H and O–H groups in total. The molecule has 0 spiro atoms. The summed E-state index contributed by atoms with van der Waals surface area (Å²) < 4.78 is 35.3. The largest absolute Gasteiger partial charge is 0.497 e. The quantitative estimate of drug-likeness (QED) is 0.475. The van der Waals surface area contributed by atoms with Gasteiger partial charge >= 0.3 is 12.6 Å². The lowest BCUT2D eigenvalue weighted by Crippen LogP contribution is -2.29. The molecule has 0 heterocycles. The van der Waals surface area contributed by atoms with Crippen LogP contribution in [0.3, 0.4) is 0 Å². The van der Waals surface area contributed by atoms with Crippen molar-refractivity contribution in [2.45, 2.75) is 32.3 Å². The van der Waals surface area contributed by atoms with Crippen molar-refractivity contribution < 1.29 is 27.8 Å².